The van der Waals surface area contributed by atoms with E-state index in [0.717, 1.165) is 12.8 Å². The number of nitrogens with zero attached hydrogens (tertiary/aromatic N) is 1. The van der Waals surface area contributed by atoms with Crippen LogP contribution in [0.1, 0.15) is 12.8 Å². The molecule has 0 unspecified atom stereocenters. The summed E-state index contributed by atoms with van der Waals surface area (Å²) in [5.41, 5.74) is 0.522. The summed E-state index contributed by atoms with van der Waals surface area (Å²) in [7, 11) is 0. The van der Waals surface area contributed by atoms with Crippen LogP contribution in [0.5, 0.6) is 5.75 Å². The third kappa shape index (κ3) is 3.29. The van der Waals surface area contributed by atoms with Crippen molar-refractivity contribution in [2.75, 3.05) is 11.9 Å². The minimum atomic E-state index is -4.32. The predicted octanol–water partition coefficient (Wildman–Crippen LogP) is 2.60. The van der Waals surface area contributed by atoms with Gasteiger partial charge in [-0.2, -0.15) is 13.2 Å². The fraction of sp³-hybridized carbons (Fsp3) is 0.500. The van der Waals surface area contributed by atoms with Gasteiger partial charge in [0.25, 0.3) is 0 Å². The quantitative estimate of drug-likeness (QED) is 0.866. The van der Waals surface area contributed by atoms with Crippen LogP contribution in [0.25, 0.3) is 0 Å². The number of nitrogens with one attached hydrogen (secondary N) is 1. The highest BCUT2D eigenvalue weighted by molar-refractivity contribution is 5.55. The van der Waals surface area contributed by atoms with E-state index in [1.165, 1.54) is 18.5 Å². The minimum Gasteiger partial charge on any atom is -0.482 e. The summed E-state index contributed by atoms with van der Waals surface area (Å²) in [5, 5.41) is 3.07. The SMILES string of the molecule is FC(F)(F)COc1ccncc1NC1CC1. The molecule has 6 heteroatoms. The lowest BCUT2D eigenvalue weighted by Gasteiger charge is -2.13. The van der Waals surface area contributed by atoms with Gasteiger partial charge in [-0.15, -0.1) is 0 Å². The fourth-order valence-electron chi connectivity index (χ4n) is 1.22. The lowest BCUT2D eigenvalue weighted by Crippen LogP contribution is -2.20. The number of rotatable bonds is 4. The van der Waals surface area contributed by atoms with Crippen molar-refractivity contribution in [3.63, 3.8) is 0 Å². The van der Waals surface area contributed by atoms with Crippen molar-refractivity contribution >= 4 is 5.69 Å². The molecule has 0 atom stereocenters. The Labute approximate surface area is 90.6 Å². The summed E-state index contributed by atoms with van der Waals surface area (Å²) in [5.74, 6) is 0.194. The Morgan fingerprint density at radius 3 is 2.81 bits per heavy atom. The third-order valence-corrected chi connectivity index (χ3v) is 2.11. The highest BCUT2D eigenvalue weighted by atomic mass is 19.4. The highest BCUT2D eigenvalue weighted by Gasteiger charge is 2.29. The average Bonchev–Trinajstić information content (AvgIpc) is 2.99. The van der Waals surface area contributed by atoms with Crippen LogP contribution >= 0.6 is 0 Å². The Kier molecular flexibility index (Phi) is 2.89. The molecular formula is C10H11F3N2O. The Hall–Kier alpha value is -1.46. The Bertz CT molecular complexity index is 363. The maximum atomic E-state index is 12.0. The molecule has 2 rings (SSSR count). The maximum Gasteiger partial charge on any atom is 0.422 e. The number of hydrogen-bond acceptors (Lipinski definition) is 3. The van der Waals surface area contributed by atoms with E-state index < -0.39 is 12.8 Å². The van der Waals surface area contributed by atoms with Gasteiger partial charge in [-0.05, 0) is 12.8 Å². The Morgan fingerprint density at radius 1 is 1.44 bits per heavy atom. The third-order valence-electron chi connectivity index (χ3n) is 2.11. The first kappa shape index (κ1) is 11.0. The van der Waals surface area contributed by atoms with Gasteiger partial charge in [0.1, 0.15) is 5.75 Å². The second kappa shape index (κ2) is 4.19. The van der Waals surface area contributed by atoms with Gasteiger partial charge in [-0.1, -0.05) is 0 Å². The van der Waals surface area contributed by atoms with Gasteiger partial charge in [0, 0.05) is 18.3 Å². The topological polar surface area (TPSA) is 34.1 Å². The molecule has 0 aliphatic heterocycles. The number of pyridine rings is 1. The number of halogens is 3. The molecule has 1 aliphatic carbocycles. The molecule has 1 saturated carbocycles. The minimum absolute atomic E-state index is 0.194. The van der Waals surface area contributed by atoms with E-state index in [4.69, 9.17) is 4.74 Å². The molecule has 0 amide bonds. The van der Waals surface area contributed by atoms with Crippen molar-refractivity contribution in [2.24, 2.45) is 0 Å². The van der Waals surface area contributed by atoms with Crippen LogP contribution in [0, 0.1) is 0 Å². The van der Waals surface area contributed by atoms with Gasteiger partial charge in [0.15, 0.2) is 6.61 Å². The number of aromatic nitrogens is 1. The molecule has 0 aromatic carbocycles. The van der Waals surface area contributed by atoms with E-state index in [0.29, 0.717) is 11.7 Å². The van der Waals surface area contributed by atoms with Crippen molar-refractivity contribution in [1.82, 2.24) is 4.98 Å². The van der Waals surface area contributed by atoms with Crippen LogP contribution in [0.3, 0.4) is 0 Å². The summed E-state index contributed by atoms with van der Waals surface area (Å²) < 4.78 is 40.7. The first-order valence-electron chi connectivity index (χ1n) is 4.95. The zero-order chi connectivity index (χ0) is 11.6. The number of hydrogen-bond donors (Lipinski definition) is 1. The summed E-state index contributed by atoms with van der Waals surface area (Å²) in [6.45, 7) is -1.28. The van der Waals surface area contributed by atoms with E-state index in [2.05, 4.69) is 10.3 Å². The normalized spacial score (nSPS) is 15.9. The van der Waals surface area contributed by atoms with Crippen LogP contribution in [0.15, 0.2) is 18.5 Å². The standard InChI is InChI=1S/C10H11F3N2O/c11-10(12,13)6-16-9-3-4-14-5-8(9)15-7-1-2-7/h3-5,7,15H,1-2,6H2. The largest absolute Gasteiger partial charge is 0.482 e. The van der Waals surface area contributed by atoms with Crippen LogP contribution in [-0.4, -0.2) is 23.8 Å². The van der Waals surface area contributed by atoms with Gasteiger partial charge in [-0.25, -0.2) is 0 Å². The molecule has 3 nitrogen and oxygen atoms in total. The molecule has 1 N–H and O–H groups in total. The summed E-state index contributed by atoms with van der Waals surface area (Å²) in [6, 6.07) is 1.77. The van der Waals surface area contributed by atoms with E-state index >= 15 is 0 Å². The Balaban J connectivity index is 2.00. The molecule has 1 heterocycles. The predicted molar refractivity (Wildman–Crippen MR) is 52.4 cm³/mol. The molecule has 0 bridgehead atoms. The zero-order valence-corrected chi connectivity index (χ0v) is 8.42. The lowest BCUT2D eigenvalue weighted by atomic mass is 10.3. The molecule has 0 spiro atoms. The van der Waals surface area contributed by atoms with Crippen molar-refractivity contribution in [2.45, 2.75) is 25.1 Å². The molecule has 0 saturated heterocycles. The number of ether oxygens (including phenoxy) is 1. The fourth-order valence-corrected chi connectivity index (χ4v) is 1.22. The number of anilines is 1. The first-order valence-corrected chi connectivity index (χ1v) is 4.95. The maximum absolute atomic E-state index is 12.0. The van der Waals surface area contributed by atoms with Gasteiger partial charge >= 0.3 is 6.18 Å². The highest BCUT2D eigenvalue weighted by Crippen LogP contribution is 2.30. The van der Waals surface area contributed by atoms with E-state index in [1.807, 2.05) is 0 Å². The van der Waals surface area contributed by atoms with Crippen LogP contribution in [0.4, 0.5) is 18.9 Å². The van der Waals surface area contributed by atoms with Crippen LogP contribution in [0.2, 0.25) is 0 Å². The van der Waals surface area contributed by atoms with E-state index in [9.17, 15) is 13.2 Å². The first-order chi connectivity index (χ1) is 7.54. The summed E-state index contributed by atoms with van der Waals surface area (Å²) in [6.07, 6.45) is 0.634. The van der Waals surface area contributed by atoms with Crippen LogP contribution < -0.4 is 10.1 Å². The van der Waals surface area contributed by atoms with Gasteiger partial charge in [0.2, 0.25) is 0 Å². The molecule has 1 fully saturated rings. The monoisotopic (exact) mass is 232 g/mol. The molecule has 1 aliphatic rings. The van der Waals surface area contributed by atoms with Crippen molar-refractivity contribution in [3.8, 4) is 5.75 Å². The lowest BCUT2D eigenvalue weighted by molar-refractivity contribution is -0.153. The molecule has 0 radical (unpaired) electrons. The second-order valence-corrected chi connectivity index (χ2v) is 3.69. The average molecular weight is 232 g/mol. The summed E-state index contributed by atoms with van der Waals surface area (Å²) >= 11 is 0. The summed E-state index contributed by atoms with van der Waals surface area (Å²) in [4.78, 5) is 3.85. The molecule has 16 heavy (non-hydrogen) atoms. The number of alkyl halides is 3. The molecule has 1 aromatic rings. The van der Waals surface area contributed by atoms with Crippen molar-refractivity contribution in [1.29, 1.82) is 0 Å². The van der Waals surface area contributed by atoms with Crippen molar-refractivity contribution < 1.29 is 17.9 Å². The van der Waals surface area contributed by atoms with E-state index in [-0.39, 0.29) is 5.75 Å². The molecule has 1 aromatic heterocycles. The van der Waals surface area contributed by atoms with Gasteiger partial charge in [0.05, 0.1) is 11.9 Å². The second-order valence-electron chi connectivity index (χ2n) is 3.69. The van der Waals surface area contributed by atoms with E-state index in [1.54, 1.807) is 0 Å². The molecular weight excluding hydrogens is 221 g/mol. The Morgan fingerprint density at radius 2 is 2.19 bits per heavy atom. The smallest absolute Gasteiger partial charge is 0.422 e. The van der Waals surface area contributed by atoms with Gasteiger partial charge in [-0.3, -0.25) is 4.98 Å². The van der Waals surface area contributed by atoms with Crippen LogP contribution in [-0.2, 0) is 0 Å². The molecule has 88 valence electrons. The zero-order valence-electron chi connectivity index (χ0n) is 8.42. The van der Waals surface area contributed by atoms with Crippen molar-refractivity contribution in [3.05, 3.63) is 18.5 Å². The van der Waals surface area contributed by atoms with Gasteiger partial charge < -0.3 is 10.1 Å².